The fraction of sp³-hybridized carbons (Fsp3) is 0.200. The Kier molecular flexibility index (Phi) is 3.47. The molecule has 19 heavy (non-hydrogen) atoms. The van der Waals surface area contributed by atoms with Crippen LogP contribution in [0.4, 0.5) is 14.7 Å². The smallest absolute Gasteiger partial charge is 0.277 e. The van der Waals surface area contributed by atoms with Crippen molar-refractivity contribution in [3.63, 3.8) is 0 Å². The highest BCUT2D eigenvalue weighted by Gasteiger charge is 2.21. The Morgan fingerprint density at radius 3 is 2.68 bits per heavy atom. The lowest BCUT2D eigenvalue weighted by atomic mass is 10.3. The predicted octanol–water partition coefficient (Wildman–Crippen LogP) is 1.71. The van der Waals surface area contributed by atoms with Gasteiger partial charge in [-0.05, 0) is 17.3 Å². The van der Waals surface area contributed by atoms with Gasteiger partial charge in [0, 0.05) is 12.5 Å². The molecule has 0 atom stereocenters. The van der Waals surface area contributed by atoms with E-state index in [0.29, 0.717) is 12.5 Å². The summed E-state index contributed by atoms with van der Waals surface area (Å²) in [4.78, 5) is 3.02. The van der Waals surface area contributed by atoms with Crippen LogP contribution in [0.3, 0.4) is 0 Å². The second kappa shape index (κ2) is 4.92. The summed E-state index contributed by atoms with van der Waals surface area (Å²) in [6.07, 6.45) is 0.430. The lowest BCUT2D eigenvalue weighted by Crippen LogP contribution is -2.15. The summed E-state index contributed by atoms with van der Waals surface area (Å²) in [6.45, 7) is 1.74. The van der Waals surface area contributed by atoms with E-state index in [-0.39, 0.29) is 11.8 Å². The monoisotopic (exact) mass is 289 g/mol. The Balaban J connectivity index is 2.32. The number of nitrogens with one attached hydrogen (secondary N) is 1. The molecule has 0 radical (unpaired) electrons. The molecule has 0 spiro atoms. The fourth-order valence-electron chi connectivity index (χ4n) is 1.31. The Hall–Kier alpha value is -2.03. The molecule has 0 aliphatic rings. The van der Waals surface area contributed by atoms with Gasteiger partial charge in [-0.1, -0.05) is 6.92 Å². The molecule has 2 rings (SSSR count). The van der Waals surface area contributed by atoms with E-state index >= 15 is 0 Å². The van der Waals surface area contributed by atoms with E-state index in [1.807, 2.05) is 4.72 Å². The van der Waals surface area contributed by atoms with Crippen LogP contribution in [0, 0.1) is 11.6 Å². The third-order valence-electron chi connectivity index (χ3n) is 2.18. The van der Waals surface area contributed by atoms with E-state index < -0.39 is 26.6 Å². The third-order valence-corrected chi connectivity index (χ3v) is 3.54. The molecule has 102 valence electrons. The van der Waals surface area contributed by atoms with Crippen LogP contribution in [0.1, 0.15) is 12.8 Å². The van der Waals surface area contributed by atoms with Crippen LogP contribution in [0.25, 0.3) is 0 Å². The Morgan fingerprint density at radius 2 is 2.11 bits per heavy atom. The predicted molar refractivity (Wildman–Crippen MR) is 60.8 cm³/mol. The number of benzene rings is 1. The number of anilines is 1. The number of rotatable bonds is 4. The van der Waals surface area contributed by atoms with Gasteiger partial charge in [-0.15, -0.1) is 0 Å². The summed E-state index contributed by atoms with van der Waals surface area (Å²) in [7, 11) is -4.23. The molecule has 6 nitrogen and oxygen atoms in total. The van der Waals surface area contributed by atoms with Crippen molar-refractivity contribution in [3.05, 3.63) is 35.7 Å². The molecule has 0 aliphatic carbocycles. The van der Waals surface area contributed by atoms with Gasteiger partial charge < -0.3 is 4.52 Å². The van der Waals surface area contributed by atoms with Gasteiger partial charge in [-0.3, -0.25) is 0 Å². The summed E-state index contributed by atoms with van der Waals surface area (Å²) in [5.41, 5.74) is 0. The number of hydrogen-bond acceptors (Lipinski definition) is 5. The number of aryl methyl sites for hydroxylation is 1. The standard InChI is InChI=1S/C10H9F2N3O3S/c1-2-9-13-10(14-18-9)15-19(16,17)8-4-3-6(11)5-7(8)12/h3-5H,2H2,1H3,(H,14,15). The SMILES string of the molecule is CCc1nc(NS(=O)(=O)c2ccc(F)cc2F)no1. The van der Waals surface area contributed by atoms with E-state index in [4.69, 9.17) is 4.52 Å². The maximum Gasteiger partial charge on any atom is 0.277 e. The van der Waals surface area contributed by atoms with Crippen molar-refractivity contribution in [3.8, 4) is 0 Å². The molecule has 1 aromatic carbocycles. The molecule has 0 amide bonds. The lowest BCUT2D eigenvalue weighted by Gasteiger charge is -2.04. The maximum absolute atomic E-state index is 13.4. The Morgan fingerprint density at radius 1 is 1.37 bits per heavy atom. The molecular formula is C10H9F2N3O3S. The molecule has 0 saturated carbocycles. The first-order valence-corrected chi connectivity index (χ1v) is 6.71. The molecule has 9 heteroatoms. The van der Waals surface area contributed by atoms with Crippen LogP contribution >= 0.6 is 0 Å². The number of halogens is 2. The van der Waals surface area contributed by atoms with Gasteiger partial charge >= 0.3 is 0 Å². The van der Waals surface area contributed by atoms with Crippen LogP contribution in [0.2, 0.25) is 0 Å². The summed E-state index contributed by atoms with van der Waals surface area (Å²) in [5, 5.41) is 3.37. The minimum atomic E-state index is -4.23. The maximum atomic E-state index is 13.4. The molecule has 0 saturated heterocycles. The highest BCUT2D eigenvalue weighted by atomic mass is 32.2. The van der Waals surface area contributed by atoms with Crippen LogP contribution in [0.15, 0.2) is 27.6 Å². The van der Waals surface area contributed by atoms with Crippen molar-refractivity contribution in [1.82, 2.24) is 10.1 Å². The quantitative estimate of drug-likeness (QED) is 0.926. The fourth-order valence-corrected chi connectivity index (χ4v) is 2.30. The summed E-state index contributed by atoms with van der Waals surface area (Å²) in [6, 6.07) is 2.13. The van der Waals surface area contributed by atoms with Crippen LogP contribution in [-0.4, -0.2) is 18.6 Å². The molecule has 1 aromatic heterocycles. The minimum absolute atomic E-state index is 0.234. The van der Waals surface area contributed by atoms with Crippen LogP contribution in [0.5, 0.6) is 0 Å². The van der Waals surface area contributed by atoms with Gasteiger partial charge in [0.1, 0.15) is 16.5 Å². The van der Waals surface area contributed by atoms with Crippen LogP contribution < -0.4 is 4.72 Å². The zero-order valence-corrected chi connectivity index (χ0v) is 10.5. The van der Waals surface area contributed by atoms with Crippen molar-refractivity contribution in [2.75, 3.05) is 4.72 Å². The van der Waals surface area contributed by atoms with E-state index in [9.17, 15) is 17.2 Å². The molecule has 0 bridgehead atoms. The topological polar surface area (TPSA) is 85.1 Å². The zero-order chi connectivity index (χ0) is 14.0. The average molecular weight is 289 g/mol. The van der Waals surface area contributed by atoms with Gasteiger partial charge in [0.2, 0.25) is 5.89 Å². The largest absolute Gasteiger partial charge is 0.337 e. The van der Waals surface area contributed by atoms with Crippen molar-refractivity contribution in [2.45, 2.75) is 18.2 Å². The highest BCUT2D eigenvalue weighted by molar-refractivity contribution is 7.92. The second-order valence-electron chi connectivity index (χ2n) is 3.55. The van der Waals surface area contributed by atoms with Crippen molar-refractivity contribution < 1.29 is 21.7 Å². The summed E-state index contributed by atoms with van der Waals surface area (Å²) >= 11 is 0. The first kappa shape index (κ1) is 13.4. The van der Waals surface area contributed by atoms with E-state index in [2.05, 4.69) is 10.1 Å². The van der Waals surface area contributed by atoms with Crippen LogP contribution in [-0.2, 0) is 16.4 Å². The molecule has 0 aliphatic heterocycles. The minimum Gasteiger partial charge on any atom is -0.337 e. The Labute approximate surface area is 107 Å². The number of aromatic nitrogens is 2. The van der Waals surface area contributed by atoms with Crippen molar-refractivity contribution in [1.29, 1.82) is 0 Å². The lowest BCUT2D eigenvalue weighted by molar-refractivity contribution is 0.383. The van der Waals surface area contributed by atoms with Gasteiger partial charge in [0.25, 0.3) is 16.0 Å². The Bertz CT molecular complexity index is 700. The van der Waals surface area contributed by atoms with Gasteiger partial charge in [-0.25, -0.2) is 21.9 Å². The number of sulfonamides is 1. The van der Waals surface area contributed by atoms with Gasteiger partial charge in [0.05, 0.1) is 0 Å². The molecular weight excluding hydrogens is 280 g/mol. The average Bonchev–Trinajstić information content (AvgIpc) is 2.75. The number of nitrogens with zero attached hydrogens (tertiary/aromatic N) is 2. The van der Waals surface area contributed by atoms with E-state index in [0.717, 1.165) is 12.1 Å². The van der Waals surface area contributed by atoms with E-state index in [1.165, 1.54) is 0 Å². The normalized spacial score (nSPS) is 11.5. The van der Waals surface area contributed by atoms with Gasteiger partial charge in [-0.2, -0.15) is 4.98 Å². The second-order valence-corrected chi connectivity index (χ2v) is 5.20. The number of hydrogen-bond donors (Lipinski definition) is 1. The van der Waals surface area contributed by atoms with Crippen molar-refractivity contribution >= 4 is 16.0 Å². The third kappa shape index (κ3) is 2.87. The molecule has 0 unspecified atom stereocenters. The summed E-state index contributed by atoms with van der Waals surface area (Å²) < 4.78 is 56.4. The van der Waals surface area contributed by atoms with E-state index in [1.54, 1.807) is 6.92 Å². The molecule has 1 heterocycles. The first-order valence-electron chi connectivity index (χ1n) is 5.23. The van der Waals surface area contributed by atoms with Gasteiger partial charge in [0.15, 0.2) is 0 Å². The molecule has 2 aromatic rings. The zero-order valence-electron chi connectivity index (χ0n) is 9.72. The summed E-state index contributed by atoms with van der Waals surface area (Å²) in [5.74, 6) is -2.14. The molecule has 1 N–H and O–H groups in total. The molecule has 0 fully saturated rings. The highest BCUT2D eigenvalue weighted by Crippen LogP contribution is 2.18. The first-order chi connectivity index (χ1) is 8.92. The van der Waals surface area contributed by atoms with Crippen molar-refractivity contribution in [2.24, 2.45) is 0 Å².